The molecule has 47 heavy (non-hydrogen) atoms. The molecule has 1 unspecified atom stereocenters. The maximum atomic E-state index is 13.7. The van der Waals surface area contributed by atoms with Crippen LogP contribution in [0.4, 0.5) is 15.8 Å². The monoisotopic (exact) mass is 640 g/mol. The van der Waals surface area contributed by atoms with E-state index >= 15 is 0 Å². The van der Waals surface area contributed by atoms with Gasteiger partial charge in [-0.05, 0) is 72.3 Å². The van der Waals surface area contributed by atoms with Gasteiger partial charge in [0.25, 0.3) is 11.8 Å². The second-order valence-corrected chi connectivity index (χ2v) is 11.7. The summed E-state index contributed by atoms with van der Waals surface area (Å²) in [4.78, 5) is 44.2. The van der Waals surface area contributed by atoms with Crippen LogP contribution in [0.2, 0.25) is 0 Å². The molecule has 7 nitrogen and oxygen atoms in total. The molecule has 0 saturated carbocycles. The Bertz CT molecular complexity index is 2060. The first-order valence-electron chi connectivity index (χ1n) is 14.8. The molecular weight excluding hydrogens is 612 g/mol. The van der Waals surface area contributed by atoms with E-state index in [1.54, 1.807) is 54.7 Å². The molecule has 1 atom stereocenters. The van der Waals surface area contributed by atoms with Gasteiger partial charge in [0.15, 0.2) is 0 Å². The zero-order valence-electron chi connectivity index (χ0n) is 24.9. The summed E-state index contributed by atoms with van der Waals surface area (Å²) in [5.41, 5.74) is 3.84. The van der Waals surface area contributed by atoms with Crippen molar-refractivity contribution in [2.24, 2.45) is 0 Å². The first kappa shape index (κ1) is 31.1. The molecule has 9 heteroatoms. The van der Waals surface area contributed by atoms with Gasteiger partial charge in [0.05, 0.1) is 0 Å². The molecule has 6 aromatic rings. The smallest absolute Gasteiger partial charge is 0.272 e. The van der Waals surface area contributed by atoms with Gasteiger partial charge in [-0.1, -0.05) is 72.8 Å². The number of fused-ring (bicyclic) bond motifs is 1. The molecule has 232 valence electrons. The van der Waals surface area contributed by atoms with E-state index in [0.29, 0.717) is 16.9 Å². The molecular formula is C38H29FN4O3S. The topological polar surface area (TPSA) is 103 Å². The minimum absolute atomic E-state index is 0.0579. The molecule has 0 spiro atoms. The van der Waals surface area contributed by atoms with Crippen LogP contribution in [-0.2, 0) is 9.59 Å². The summed E-state index contributed by atoms with van der Waals surface area (Å²) in [6.45, 7) is 0. The number of carbonyl (C=O) groups excluding carboxylic acids is 3. The lowest BCUT2D eigenvalue weighted by molar-refractivity contribution is -0.116. The number of aromatic nitrogens is 1. The van der Waals surface area contributed by atoms with Gasteiger partial charge in [-0.15, -0.1) is 11.8 Å². The Kier molecular flexibility index (Phi) is 9.55. The molecule has 0 aliphatic rings. The van der Waals surface area contributed by atoms with Gasteiger partial charge in [-0.25, -0.2) is 4.39 Å². The molecule has 0 fully saturated rings. The van der Waals surface area contributed by atoms with Crippen molar-refractivity contribution in [2.75, 3.05) is 10.6 Å². The first-order chi connectivity index (χ1) is 22.9. The highest BCUT2D eigenvalue weighted by molar-refractivity contribution is 8.00. The highest BCUT2D eigenvalue weighted by Crippen LogP contribution is 2.37. The number of amides is 3. The third-order valence-electron chi connectivity index (χ3n) is 7.25. The minimum atomic E-state index is -0.644. The van der Waals surface area contributed by atoms with E-state index in [4.69, 9.17) is 0 Å². The lowest BCUT2D eigenvalue weighted by Crippen LogP contribution is -2.30. The maximum Gasteiger partial charge on any atom is 0.272 e. The van der Waals surface area contributed by atoms with E-state index in [0.717, 1.165) is 26.9 Å². The lowest BCUT2D eigenvalue weighted by atomic mass is 10.1. The molecule has 0 aliphatic heterocycles. The van der Waals surface area contributed by atoms with Gasteiger partial charge in [0.1, 0.15) is 16.8 Å². The number of hydrogen-bond acceptors (Lipinski definition) is 4. The Morgan fingerprint density at radius 2 is 1.43 bits per heavy atom. The minimum Gasteiger partial charge on any atom is -0.361 e. The fraction of sp³-hybridized carbons (Fsp3) is 0.0263. The second kappa shape index (κ2) is 14.4. The SMILES string of the molecule is O=C(Nc1cccc(SC(C(=O)Nc2ccc(F)cc2)c2ccccc2)c1)/C(=C/c1c[nH]c2ccccc12)NC(=O)c1ccccc1. The summed E-state index contributed by atoms with van der Waals surface area (Å²) in [5.74, 6) is -1.62. The predicted octanol–water partition coefficient (Wildman–Crippen LogP) is 8.19. The third-order valence-corrected chi connectivity index (χ3v) is 8.50. The maximum absolute atomic E-state index is 13.7. The molecule has 3 amide bonds. The second-order valence-electron chi connectivity index (χ2n) is 10.6. The van der Waals surface area contributed by atoms with Crippen LogP contribution in [0, 0.1) is 5.82 Å². The van der Waals surface area contributed by atoms with Gasteiger partial charge in [-0.2, -0.15) is 0 Å². The fourth-order valence-corrected chi connectivity index (χ4v) is 6.02. The van der Waals surface area contributed by atoms with Crippen molar-refractivity contribution in [2.45, 2.75) is 10.1 Å². The van der Waals surface area contributed by atoms with Crippen molar-refractivity contribution in [3.05, 3.63) is 168 Å². The first-order valence-corrected chi connectivity index (χ1v) is 15.6. The normalized spacial score (nSPS) is 11.9. The Morgan fingerprint density at radius 3 is 2.19 bits per heavy atom. The number of aromatic amines is 1. The van der Waals surface area contributed by atoms with Crippen LogP contribution in [0.5, 0.6) is 0 Å². The number of carbonyl (C=O) groups is 3. The summed E-state index contributed by atoms with van der Waals surface area (Å²) < 4.78 is 13.4. The number of nitrogens with one attached hydrogen (secondary N) is 4. The molecule has 6 rings (SSSR count). The number of H-pyrrole nitrogens is 1. The molecule has 4 N–H and O–H groups in total. The molecule has 0 saturated heterocycles. The average molecular weight is 641 g/mol. The highest BCUT2D eigenvalue weighted by atomic mass is 32.2. The van der Waals surface area contributed by atoms with Crippen LogP contribution >= 0.6 is 11.8 Å². The van der Waals surface area contributed by atoms with Crippen molar-refractivity contribution in [3.8, 4) is 0 Å². The largest absolute Gasteiger partial charge is 0.361 e. The molecule has 0 aliphatic carbocycles. The van der Waals surface area contributed by atoms with Crippen molar-refractivity contribution < 1.29 is 18.8 Å². The molecule has 1 aromatic heterocycles. The van der Waals surface area contributed by atoms with Gasteiger partial charge in [-0.3, -0.25) is 14.4 Å². The number of thioether (sulfide) groups is 1. The zero-order valence-corrected chi connectivity index (χ0v) is 25.8. The van der Waals surface area contributed by atoms with Gasteiger partial charge in [0.2, 0.25) is 5.91 Å². The van der Waals surface area contributed by atoms with Crippen LogP contribution in [0.1, 0.15) is 26.7 Å². The van der Waals surface area contributed by atoms with Crippen molar-refractivity contribution in [1.29, 1.82) is 0 Å². The quantitative estimate of drug-likeness (QED) is 0.0896. The number of hydrogen-bond donors (Lipinski definition) is 4. The summed E-state index contributed by atoms with van der Waals surface area (Å²) >= 11 is 1.31. The Morgan fingerprint density at radius 1 is 0.723 bits per heavy atom. The standard InChI is InChI=1S/C38H29FN4O3S/c39-28-18-20-29(21-19-28)41-38(46)35(25-10-3-1-4-11-25)47-31-15-9-14-30(23-31)42-37(45)34(43-36(44)26-12-5-2-6-13-26)22-27-24-40-33-17-8-7-16-32(27)33/h1-24,35,40H,(H,41,46)(H,42,45)(H,43,44)/b34-22-. The van der Waals surface area contributed by atoms with Crippen LogP contribution in [0.15, 0.2) is 150 Å². The highest BCUT2D eigenvalue weighted by Gasteiger charge is 2.23. The van der Waals surface area contributed by atoms with Crippen LogP contribution < -0.4 is 16.0 Å². The molecule has 5 aromatic carbocycles. The number of para-hydroxylation sites is 1. The fourth-order valence-electron chi connectivity index (χ4n) is 4.93. The average Bonchev–Trinajstić information content (AvgIpc) is 3.51. The van der Waals surface area contributed by atoms with Gasteiger partial charge < -0.3 is 20.9 Å². The van der Waals surface area contributed by atoms with Crippen LogP contribution in [0.3, 0.4) is 0 Å². The number of rotatable bonds is 10. The molecule has 1 heterocycles. The van der Waals surface area contributed by atoms with E-state index in [2.05, 4.69) is 20.9 Å². The molecule has 0 bridgehead atoms. The molecule has 0 radical (unpaired) electrons. The number of halogens is 1. The van der Waals surface area contributed by atoms with Crippen LogP contribution in [-0.4, -0.2) is 22.7 Å². The van der Waals surface area contributed by atoms with Crippen molar-refractivity contribution in [3.63, 3.8) is 0 Å². The van der Waals surface area contributed by atoms with Gasteiger partial charge in [0, 0.05) is 44.5 Å². The zero-order chi connectivity index (χ0) is 32.6. The number of anilines is 2. The Hall–Kier alpha value is -5.93. The van der Waals surface area contributed by atoms with Gasteiger partial charge >= 0.3 is 0 Å². The summed E-state index contributed by atoms with van der Waals surface area (Å²) in [5, 5.41) is 8.81. The summed E-state index contributed by atoms with van der Waals surface area (Å²) in [6.07, 6.45) is 3.42. The van der Waals surface area contributed by atoms with E-state index in [9.17, 15) is 18.8 Å². The Labute approximate surface area is 274 Å². The van der Waals surface area contributed by atoms with Crippen molar-refractivity contribution in [1.82, 2.24) is 10.3 Å². The third kappa shape index (κ3) is 7.84. The van der Waals surface area contributed by atoms with E-state index in [-0.39, 0.29) is 11.6 Å². The van der Waals surface area contributed by atoms with E-state index in [1.807, 2.05) is 66.7 Å². The van der Waals surface area contributed by atoms with E-state index in [1.165, 1.54) is 36.0 Å². The summed E-state index contributed by atoms with van der Waals surface area (Å²) in [7, 11) is 0. The van der Waals surface area contributed by atoms with E-state index < -0.39 is 22.9 Å². The summed E-state index contributed by atoms with van der Waals surface area (Å²) in [6, 6.07) is 38.4. The Balaban J connectivity index is 1.25. The van der Waals surface area contributed by atoms with Crippen LogP contribution in [0.25, 0.3) is 17.0 Å². The lowest BCUT2D eigenvalue weighted by Gasteiger charge is -2.18. The predicted molar refractivity (Wildman–Crippen MR) is 185 cm³/mol. The number of benzene rings is 5. The van der Waals surface area contributed by atoms with Crippen molar-refractivity contribution >= 4 is 57.8 Å².